The van der Waals surface area contributed by atoms with E-state index in [0.29, 0.717) is 13.0 Å². The number of carbonyl (C=O) groups is 1. The van der Waals surface area contributed by atoms with Crippen LogP contribution in [-0.4, -0.2) is 49.3 Å². The number of rotatable bonds is 12. The van der Waals surface area contributed by atoms with Crippen molar-refractivity contribution in [2.24, 2.45) is 0 Å². The molecule has 1 aromatic carbocycles. The predicted molar refractivity (Wildman–Crippen MR) is 120 cm³/mol. The Hall–Kier alpha value is -1.59. The molecule has 0 unspecified atom stereocenters. The van der Waals surface area contributed by atoms with Gasteiger partial charge in [-0.3, -0.25) is 4.79 Å². The molecule has 2 rings (SSSR count). The summed E-state index contributed by atoms with van der Waals surface area (Å²) in [6.07, 6.45) is 8.95. The molecule has 1 saturated heterocycles. The highest BCUT2D eigenvalue weighted by Gasteiger charge is 2.33. The van der Waals surface area contributed by atoms with Crippen LogP contribution in [0.3, 0.4) is 0 Å². The lowest BCUT2D eigenvalue weighted by atomic mass is 9.99. The fraction of sp³-hybridized carbons (Fsp3) is 0.708. The maximum Gasteiger partial charge on any atom is 0.256 e. The van der Waals surface area contributed by atoms with Crippen LogP contribution >= 0.6 is 0 Å². The van der Waals surface area contributed by atoms with Crippen LogP contribution in [0.4, 0.5) is 5.69 Å². The van der Waals surface area contributed by atoms with Gasteiger partial charge in [-0.15, -0.1) is 0 Å². The molecule has 0 spiro atoms. The van der Waals surface area contributed by atoms with Gasteiger partial charge in [-0.05, 0) is 76.4 Å². The van der Waals surface area contributed by atoms with Gasteiger partial charge >= 0.3 is 0 Å². The second-order valence-corrected chi connectivity index (χ2v) is 8.27. The minimum Gasteiger partial charge on any atom is -0.494 e. The molecule has 0 aliphatic carbocycles. The minimum absolute atomic E-state index is 0.0843. The van der Waals surface area contributed by atoms with E-state index in [0.717, 1.165) is 43.9 Å². The average Bonchev–Trinajstić information content (AvgIpc) is 3.00. The molecular formula is C24H40N2O3. The first-order valence-corrected chi connectivity index (χ1v) is 11.5. The molecule has 5 heteroatoms. The van der Waals surface area contributed by atoms with E-state index in [2.05, 4.69) is 24.1 Å². The molecular weight excluding hydrogens is 364 g/mol. The van der Waals surface area contributed by atoms with Crippen LogP contribution in [0.5, 0.6) is 5.75 Å². The number of nitrogens with zero attached hydrogens (tertiary/aromatic N) is 1. The van der Waals surface area contributed by atoms with E-state index < -0.39 is 5.60 Å². The topological polar surface area (TPSA) is 50.8 Å². The second kappa shape index (κ2) is 12.9. The minimum atomic E-state index is -0.784. The Balaban J connectivity index is 1.76. The first-order chi connectivity index (χ1) is 14.1. The Bertz CT molecular complexity index is 582. The highest BCUT2D eigenvalue weighted by atomic mass is 16.5. The average molecular weight is 405 g/mol. The molecule has 0 aromatic heterocycles. The van der Waals surface area contributed by atoms with Crippen LogP contribution in [-0.2, 0) is 9.53 Å². The Morgan fingerprint density at radius 3 is 2.34 bits per heavy atom. The van der Waals surface area contributed by atoms with E-state index in [1.54, 1.807) is 0 Å². The fourth-order valence-corrected chi connectivity index (χ4v) is 3.79. The van der Waals surface area contributed by atoms with E-state index in [1.165, 1.54) is 38.8 Å². The lowest BCUT2D eigenvalue weighted by Crippen LogP contribution is -2.43. The van der Waals surface area contributed by atoms with Crippen LogP contribution in [0.15, 0.2) is 24.3 Å². The van der Waals surface area contributed by atoms with Gasteiger partial charge in [0.15, 0.2) is 0 Å². The number of anilines is 1. The zero-order valence-corrected chi connectivity index (χ0v) is 18.7. The van der Waals surface area contributed by atoms with Gasteiger partial charge < -0.3 is 19.7 Å². The first kappa shape index (κ1) is 23.7. The van der Waals surface area contributed by atoms with Crippen LogP contribution in [0.1, 0.15) is 72.1 Å². The summed E-state index contributed by atoms with van der Waals surface area (Å²) in [6.45, 7) is 10.9. The number of nitrogens with one attached hydrogen (secondary N) is 1. The van der Waals surface area contributed by atoms with Crippen molar-refractivity contribution in [3.8, 4) is 5.75 Å². The normalized spacial score (nSPS) is 17.3. The molecule has 1 aromatic rings. The smallest absolute Gasteiger partial charge is 0.256 e. The van der Waals surface area contributed by atoms with Crippen molar-refractivity contribution >= 4 is 11.6 Å². The van der Waals surface area contributed by atoms with Gasteiger partial charge in [-0.2, -0.15) is 0 Å². The molecule has 5 nitrogen and oxygen atoms in total. The Kier molecular flexibility index (Phi) is 10.5. The summed E-state index contributed by atoms with van der Waals surface area (Å²) in [4.78, 5) is 15.3. The molecule has 1 fully saturated rings. The number of carbonyl (C=O) groups excluding carboxylic acids is 1. The summed E-state index contributed by atoms with van der Waals surface area (Å²) in [5.41, 5.74) is -0.0119. The van der Waals surface area contributed by atoms with Crippen LogP contribution in [0.2, 0.25) is 0 Å². The lowest BCUT2D eigenvalue weighted by Gasteiger charge is -2.28. The van der Waals surface area contributed by atoms with Gasteiger partial charge in [-0.25, -0.2) is 0 Å². The van der Waals surface area contributed by atoms with Crippen molar-refractivity contribution in [2.75, 3.05) is 38.2 Å². The largest absolute Gasteiger partial charge is 0.494 e. The van der Waals surface area contributed by atoms with Gasteiger partial charge in [-0.1, -0.05) is 33.1 Å². The first-order valence-electron chi connectivity index (χ1n) is 11.5. The molecule has 0 radical (unpaired) electrons. The van der Waals surface area contributed by atoms with Crippen molar-refractivity contribution < 1.29 is 14.3 Å². The van der Waals surface area contributed by atoms with E-state index in [1.807, 2.05) is 31.2 Å². The Labute approximate surface area is 177 Å². The summed E-state index contributed by atoms with van der Waals surface area (Å²) in [6, 6.07) is 7.64. The standard InChI is InChI=1S/C24H40N2O3/c1-4-15-24(3,29-19-5-2)23(27)25-21-11-13-22(14-12-21)28-20-10-18-26-16-8-6-7-9-17-26/h11-14H,4-10,15-20H2,1-3H3,(H,25,27)/t24-/m1/s1. The van der Waals surface area contributed by atoms with Gasteiger partial charge in [0.1, 0.15) is 11.4 Å². The summed E-state index contributed by atoms with van der Waals surface area (Å²) in [5, 5.41) is 2.99. The molecule has 1 amide bonds. The lowest BCUT2D eigenvalue weighted by molar-refractivity contribution is -0.140. The monoisotopic (exact) mass is 404 g/mol. The number of benzene rings is 1. The van der Waals surface area contributed by atoms with Crippen LogP contribution in [0.25, 0.3) is 0 Å². The van der Waals surface area contributed by atoms with Crippen LogP contribution in [0, 0.1) is 0 Å². The number of hydrogen-bond acceptors (Lipinski definition) is 4. The van der Waals surface area contributed by atoms with Crippen molar-refractivity contribution in [3.05, 3.63) is 24.3 Å². The number of ether oxygens (including phenoxy) is 2. The van der Waals surface area contributed by atoms with E-state index in [-0.39, 0.29) is 5.91 Å². The summed E-state index contributed by atoms with van der Waals surface area (Å²) < 4.78 is 11.7. The molecule has 1 aliphatic heterocycles. The third kappa shape index (κ3) is 8.35. The zero-order valence-electron chi connectivity index (χ0n) is 18.7. The van der Waals surface area contributed by atoms with E-state index in [4.69, 9.17) is 9.47 Å². The Morgan fingerprint density at radius 2 is 1.72 bits per heavy atom. The highest BCUT2D eigenvalue weighted by molar-refractivity contribution is 5.97. The van der Waals surface area contributed by atoms with Gasteiger partial charge in [0.2, 0.25) is 0 Å². The zero-order chi connectivity index (χ0) is 21.0. The SMILES string of the molecule is CCCO[C@](C)(CCC)C(=O)Nc1ccc(OCCCN2CCCCCC2)cc1. The summed E-state index contributed by atoms with van der Waals surface area (Å²) >= 11 is 0. The predicted octanol–water partition coefficient (Wildman–Crippen LogP) is 5.26. The third-order valence-corrected chi connectivity index (χ3v) is 5.53. The molecule has 1 aliphatic rings. The number of hydrogen-bond donors (Lipinski definition) is 1. The second-order valence-electron chi connectivity index (χ2n) is 8.27. The molecule has 0 saturated carbocycles. The number of likely N-dealkylation sites (tertiary alicyclic amines) is 1. The molecule has 29 heavy (non-hydrogen) atoms. The molecule has 1 atom stereocenters. The molecule has 1 N–H and O–H groups in total. The molecule has 0 bridgehead atoms. The highest BCUT2D eigenvalue weighted by Crippen LogP contribution is 2.22. The number of amides is 1. The molecule has 1 heterocycles. The van der Waals surface area contributed by atoms with Crippen molar-refractivity contribution in [2.45, 2.75) is 77.7 Å². The molecule has 164 valence electrons. The maximum absolute atomic E-state index is 12.7. The maximum atomic E-state index is 12.7. The van der Waals surface area contributed by atoms with Crippen molar-refractivity contribution in [1.82, 2.24) is 4.90 Å². The van der Waals surface area contributed by atoms with E-state index >= 15 is 0 Å². The fourth-order valence-electron chi connectivity index (χ4n) is 3.79. The van der Waals surface area contributed by atoms with Gasteiger partial charge in [0, 0.05) is 18.8 Å². The van der Waals surface area contributed by atoms with Gasteiger partial charge in [0.05, 0.1) is 6.61 Å². The quantitative estimate of drug-likeness (QED) is 0.483. The Morgan fingerprint density at radius 1 is 1.03 bits per heavy atom. The summed E-state index contributed by atoms with van der Waals surface area (Å²) in [7, 11) is 0. The summed E-state index contributed by atoms with van der Waals surface area (Å²) in [5.74, 6) is 0.760. The van der Waals surface area contributed by atoms with E-state index in [9.17, 15) is 4.79 Å². The third-order valence-electron chi connectivity index (χ3n) is 5.53. The van der Waals surface area contributed by atoms with Crippen molar-refractivity contribution in [3.63, 3.8) is 0 Å². The van der Waals surface area contributed by atoms with Gasteiger partial charge in [0.25, 0.3) is 5.91 Å². The van der Waals surface area contributed by atoms with Crippen LogP contribution < -0.4 is 10.1 Å². The van der Waals surface area contributed by atoms with Crippen molar-refractivity contribution in [1.29, 1.82) is 0 Å².